The quantitative estimate of drug-likeness (QED) is 0.217. The lowest BCUT2D eigenvalue weighted by Crippen LogP contribution is -2.52. The Hall–Kier alpha value is -3.04. The molecule has 0 spiro atoms. The third-order valence-corrected chi connectivity index (χ3v) is 7.73. The van der Waals surface area contributed by atoms with Gasteiger partial charge in [-0.25, -0.2) is 9.59 Å². The van der Waals surface area contributed by atoms with Gasteiger partial charge in [0, 0.05) is 23.6 Å². The molecule has 2 aliphatic rings. The normalized spacial score (nSPS) is 20.2. The lowest BCUT2D eigenvalue weighted by Gasteiger charge is -2.37. The summed E-state index contributed by atoms with van der Waals surface area (Å²) < 4.78 is 52.7. The SMILES string of the molecule is CCCc1cc2c(C(F)(F)F)cc(=O)oc2c(CCC)c1OCCCCN1C(=O)NC(C)(C2CCC2)C1=O. The lowest BCUT2D eigenvalue weighted by atomic mass is 9.71. The molecule has 4 rings (SSSR count). The van der Waals surface area contributed by atoms with E-state index in [2.05, 4.69) is 5.32 Å². The molecule has 2 heterocycles. The monoisotopic (exact) mass is 536 g/mol. The fourth-order valence-electron chi connectivity index (χ4n) is 5.48. The zero-order valence-corrected chi connectivity index (χ0v) is 22.1. The molecule has 0 bridgehead atoms. The van der Waals surface area contributed by atoms with Crippen LogP contribution in [0.25, 0.3) is 11.0 Å². The van der Waals surface area contributed by atoms with Crippen molar-refractivity contribution >= 4 is 22.9 Å². The molecule has 1 aromatic heterocycles. The first-order chi connectivity index (χ1) is 18.0. The maximum atomic E-state index is 13.8. The molecule has 1 saturated carbocycles. The number of fused-ring (bicyclic) bond motifs is 1. The Morgan fingerprint density at radius 3 is 2.42 bits per heavy atom. The van der Waals surface area contributed by atoms with Crippen molar-refractivity contribution in [2.45, 2.75) is 90.3 Å². The van der Waals surface area contributed by atoms with Gasteiger partial charge in [-0.15, -0.1) is 0 Å². The summed E-state index contributed by atoms with van der Waals surface area (Å²) in [6, 6.07) is 1.55. The highest BCUT2D eigenvalue weighted by atomic mass is 19.4. The molecule has 1 unspecified atom stereocenters. The van der Waals surface area contributed by atoms with Crippen LogP contribution < -0.4 is 15.7 Å². The number of urea groups is 1. The number of halogens is 3. The van der Waals surface area contributed by atoms with Gasteiger partial charge in [-0.2, -0.15) is 13.2 Å². The van der Waals surface area contributed by atoms with Crippen molar-refractivity contribution in [3.63, 3.8) is 0 Å². The van der Waals surface area contributed by atoms with Gasteiger partial charge in [0.05, 0.1) is 12.2 Å². The Balaban J connectivity index is 1.51. The minimum Gasteiger partial charge on any atom is -0.493 e. The van der Waals surface area contributed by atoms with Crippen LogP contribution in [0.2, 0.25) is 0 Å². The van der Waals surface area contributed by atoms with Gasteiger partial charge in [0.25, 0.3) is 5.91 Å². The van der Waals surface area contributed by atoms with Gasteiger partial charge in [-0.05, 0) is 63.0 Å². The zero-order valence-electron chi connectivity index (χ0n) is 22.1. The van der Waals surface area contributed by atoms with Crippen molar-refractivity contribution in [2.24, 2.45) is 5.92 Å². The molecule has 3 amide bonds. The zero-order chi connectivity index (χ0) is 27.7. The summed E-state index contributed by atoms with van der Waals surface area (Å²) in [5, 5.41) is 2.73. The highest BCUT2D eigenvalue weighted by Gasteiger charge is 2.53. The minimum absolute atomic E-state index is 0.0869. The number of hydrogen-bond donors (Lipinski definition) is 1. The Bertz CT molecular complexity index is 1270. The van der Waals surface area contributed by atoms with Crippen molar-refractivity contribution in [2.75, 3.05) is 13.2 Å². The molecule has 1 N–H and O–H groups in total. The van der Waals surface area contributed by atoms with Crippen LogP contribution >= 0.6 is 0 Å². The number of carbonyl (C=O) groups excluding carboxylic acids is 2. The van der Waals surface area contributed by atoms with E-state index in [1.807, 2.05) is 13.8 Å². The lowest BCUT2D eigenvalue weighted by molar-refractivity contribution is -0.136. The molecule has 38 heavy (non-hydrogen) atoms. The molecule has 1 aliphatic carbocycles. The Labute approximate surface area is 219 Å². The highest BCUT2D eigenvalue weighted by molar-refractivity contribution is 6.07. The van der Waals surface area contributed by atoms with Crippen molar-refractivity contribution in [3.05, 3.63) is 39.2 Å². The maximum Gasteiger partial charge on any atom is 0.417 e. The molecule has 1 aliphatic heterocycles. The van der Waals surface area contributed by atoms with Crippen molar-refractivity contribution in [1.82, 2.24) is 10.2 Å². The van der Waals surface area contributed by atoms with Crippen LogP contribution in [0.5, 0.6) is 5.75 Å². The Kier molecular flexibility index (Phi) is 8.09. The van der Waals surface area contributed by atoms with E-state index < -0.39 is 22.9 Å². The summed E-state index contributed by atoms with van der Waals surface area (Å²) >= 11 is 0. The Morgan fingerprint density at radius 1 is 1.11 bits per heavy atom. The first kappa shape index (κ1) is 28.0. The van der Waals surface area contributed by atoms with Crippen LogP contribution in [0, 0.1) is 5.92 Å². The average molecular weight is 537 g/mol. The summed E-state index contributed by atoms with van der Waals surface area (Å²) in [5.74, 6) is 0.442. The van der Waals surface area contributed by atoms with E-state index >= 15 is 0 Å². The van der Waals surface area contributed by atoms with Crippen molar-refractivity contribution < 1.29 is 31.9 Å². The van der Waals surface area contributed by atoms with Gasteiger partial charge in [0.1, 0.15) is 16.9 Å². The maximum absolute atomic E-state index is 13.8. The van der Waals surface area contributed by atoms with Crippen LogP contribution in [0.4, 0.5) is 18.0 Å². The summed E-state index contributed by atoms with van der Waals surface area (Å²) in [4.78, 5) is 38.7. The molecule has 7 nitrogen and oxygen atoms in total. The minimum atomic E-state index is -4.70. The van der Waals surface area contributed by atoms with Crippen molar-refractivity contribution in [1.29, 1.82) is 0 Å². The molecule has 0 radical (unpaired) electrons. The third-order valence-electron chi connectivity index (χ3n) is 7.73. The highest BCUT2D eigenvalue weighted by Crippen LogP contribution is 2.41. The molecule has 10 heteroatoms. The topological polar surface area (TPSA) is 88.8 Å². The van der Waals surface area contributed by atoms with E-state index in [-0.39, 0.29) is 42.0 Å². The molecule has 1 aromatic carbocycles. The van der Waals surface area contributed by atoms with E-state index in [9.17, 15) is 27.6 Å². The van der Waals surface area contributed by atoms with Crippen LogP contribution in [0.1, 0.15) is 82.4 Å². The first-order valence-electron chi connectivity index (χ1n) is 13.5. The molecule has 2 fully saturated rings. The van der Waals surface area contributed by atoms with E-state index in [1.54, 1.807) is 6.92 Å². The first-order valence-corrected chi connectivity index (χ1v) is 13.5. The van der Waals surface area contributed by atoms with Gasteiger partial charge in [0.15, 0.2) is 0 Å². The number of rotatable bonds is 11. The Morgan fingerprint density at radius 2 is 1.82 bits per heavy atom. The number of hydrogen-bond acceptors (Lipinski definition) is 5. The number of alkyl halides is 3. The third kappa shape index (κ3) is 5.27. The molecule has 1 atom stereocenters. The van der Waals surface area contributed by atoms with Gasteiger partial charge < -0.3 is 14.5 Å². The number of imide groups is 1. The number of amides is 3. The summed E-state index contributed by atoms with van der Waals surface area (Å²) in [6.07, 6.45) is 1.47. The smallest absolute Gasteiger partial charge is 0.417 e. The van der Waals surface area contributed by atoms with Gasteiger partial charge >= 0.3 is 17.8 Å². The second kappa shape index (κ2) is 11.0. The standard InChI is InChI=1S/C28H35F3N2O5/c1-4-9-17-15-20-21(28(29,30)31)16-22(34)38-24(20)19(10-5-2)23(17)37-14-7-6-13-33-25(35)27(3,32-26(33)36)18-11-8-12-18/h15-16,18H,4-14H2,1-3H3,(H,32,36). The average Bonchev–Trinajstić information content (AvgIpc) is 3.01. The second-order valence-corrected chi connectivity index (χ2v) is 10.5. The summed E-state index contributed by atoms with van der Waals surface area (Å²) in [6.45, 7) is 6.13. The van der Waals surface area contributed by atoms with Gasteiger partial charge in [-0.1, -0.05) is 33.1 Å². The van der Waals surface area contributed by atoms with Crippen LogP contribution in [0.15, 0.2) is 21.3 Å². The summed E-state index contributed by atoms with van der Waals surface area (Å²) in [7, 11) is 0. The van der Waals surface area contributed by atoms with Gasteiger partial charge in [0.2, 0.25) is 0 Å². The second-order valence-electron chi connectivity index (χ2n) is 10.5. The number of nitrogens with zero attached hydrogens (tertiary/aromatic N) is 1. The molecular formula is C28H35F3N2O5. The molecule has 208 valence electrons. The molecule has 1 saturated heterocycles. The number of benzene rings is 1. The van der Waals surface area contributed by atoms with Crippen LogP contribution in [-0.2, 0) is 23.8 Å². The van der Waals surface area contributed by atoms with Crippen LogP contribution in [0.3, 0.4) is 0 Å². The van der Waals surface area contributed by atoms with E-state index in [1.165, 1.54) is 11.0 Å². The van der Waals surface area contributed by atoms with Crippen LogP contribution in [-0.4, -0.2) is 35.5 Å². The fourth-order valence-corrected chi connectivity index (χ4v) is 5.48. The predicted octanol–water partition coefficient (Wildman–Crippen LogP) is 5.99. The number of aryl methyl sites for hydroxylation is 2. The summed E-state index contributed by atoms with van der Waals surface area (Å²) in [5.41, 5.74) is -1.89. The molecule has 2 aromatic rings. The van der Waals surface area contributed by atoms with E-state index in [0.717, 1.165) is 19.3 Å². The number of nitrogens with one attached hydrogen (secondary N) is 1. The number of ether oxygens (including phenoxy) is 1. The number of carbonyl (C=O) groups is 2. The molecular weight excluding hydrogens is 501 g/mol. The van der Waals surface area contributed by atoms with Gasteiger partial charge in [-0.3, -0.25) is 9.69 Å². The fraction of sp³-hybridized carbons (Fsp3) is 0.607. The van der Waals surface area contributed by atoms with E-state index in [0.29, 0.717) is 61.5 Å². The number of unbranched alkanes of at least 4 members (excludes halogenated alkanes) is 1. The largest absolute Gasteiger partial charge is 0.493 e. The van der Waals surface area contributed by atoms with E-state index in [4.69, 9.17) is 9.15 Å². The van der Waals surface area contributed by atoms with Crippen molar-refractivity contribution in [3.8, 4) is 5.75 Å². The predicted molar refractivity (Wildman–Crippen MR) is 136 cm³/mol.